The van der Waals surface area contributed by atoms with Gasteiger partial charge in [0.2, 0.25) is 10.0 Å². The number of hydrogen-bond acceptors (Lipinski definition) is 3. The number of nitriles is 1. The van der Waals surface area contributed by atoms with Crippen molar-refractivity contribution >= 4 is 15.7 Å². The van der Waals surface area contributed by atoms with Crippen molar-refractivity contribution < 1.29 is 26.0 Å². The largest absolute Gasteiger partial charge is 0.419 e. The van der Waals surface area contributed by atoms with E-state index in [0.29, 0.717) is 12.1 Å². The molecule has 1 unspecified atom stereocenters. The van der Waals surface area contributed by atoms with E-state index in [9.17, 15) is 26.0 Å². The summed E-state index contributed by atoms with van der Waals surface area (Å²) in [6.45, 7) is 1.07. The van der Waals surface area contributed by atoms with Gasteiger partial charge in [0, 0.05) is 5.69 Å². The summed E-state index contributed by atoms with van der Waals surface area (Å²) >= 11 is 0. The highest BCUT2D eigenvalue weighted by Gasteiger charge is 2.34. The summed E-state index contributed by atoms with van der Waals surface area (Å²) in [6, 6.07) is 3.10. The number of benzene rings is 1. The summed E-state index contributed by atoms with van der Waals surface area (Å²) in [4.78, 5) is 0. The highest BCUT2D eigenvalue weighted by molar-refractivity contribution is 7.93. The van der Waals surface area contributed by atoms with Crippen LogP contribution in [0.1, 0.15) is 12.5 Å². The molecule has 0 aliphatic rings. The van der Waals surface area contributed by atoms with E-state index in [-0.39, 0.29) is 0 Å². The zero-order chi connectivity index (χ0) is 14.8. The number of anilines is 1. The molecule has 0 aliphatic heterocycles. The lowest BCUT2D eigenvalue weighted by molar-refractivity contribution is -0.139. The van der Waals surface area contributed by atoms with Crippen LogP contribution >= 0.6 is 0 Å². The van der Waals surface area contributed by atoms with Crippen LogP contribution in [0, 0.1) is 17.1 Å². The molecule has 0 saturated carbocycles. The first kappa shape index (κ1) is 15.2. The summed E-state index contributed by atoms with van der Waals surface area (Å²) in [6.07, 6.45) is -4.94. The molecule has 1 rings (SSSR count). The standard InChI is InChI=1S/C10H8F4N2O2S/c1-6(5-15)19(17,18)16-7-2-3-9(11)8(4-7)10(12,13)14/h2-4,6,16H,1H3. The van der Waals surface area contributed by atoms with E-state index < -0.39 is 38.5 Å². The first-order valence-corrected chi connectivity index (χ1v) is 6.40. The van der Waals surface area contributed by atoms with Crippen molar-refractivity contribution in [3.63, 3.8) is 0 Å². The minimum absolute atomic E-state index is 0.330. The van der Waals surface area contributed by atoms with E-state index in [0.717, 1.165) is 13.0 Å². The van der Waals surface area contributed by atoms with Crippen LogP contribution in [0.3, 0.4) is 0 Å². The molecule has 9 heteroatoms. The summed E-state index contributed by atoms with van der Waals surface area (Å²) in [5.41, 5.74) is -2.05. The zero-order valence-electron chi connectivity index (χ0n) is 9.49. The van der Waals surface area contributed by atoms with Gasteiger partial charge in [-0.2, -0.15) is 18.4 Å². The van der Waals surface area contributed by atoms with Crippen LogP contribution in [0.15, 0.2) is 18.2 Å². The lowest BCUT2D eigenvalue weighted by atomic mass is 10.2. The molecule has 1 aromatic rings. The molecular formula is C10H8F4N2O2S. The van der Waals surface area contributed by atoms with E-state index in [1.54, 1.807) is 4.72 Å². The normalized spacial score (nSPS) is 13.7. The number of nitrogens with one attached hydrogen (secondary N) is 1. The maximum absolute atomic E-state index is 13.0. The molecule has 1 aromatic carbocycles. The number of rotatable bonds is 3. The van der Waals surface area contributed by atoms with Crippen molar-refractivity contribution in [2.24, 2.45) is 0 Å². The molecular weight excluding hydrogens is 288 g/mol. The fraction of sp³-hybridized carbons (Fsp3) is 0.300. The van der Waals surface area contributed by atoms with Crippen LogP contribution in [0.2, 0.25) is 0 Å². The monoisotopic (exact) mass is 296 g/mol. The first-order chi connectivity index (χ1) is 8.58. The van der Waals surface area contributed by atoms with Crippen LogP contribution in [0.4, 0.5) is 23.2 Å². The van der Waals surface area contributed by atoms with Crippen molar-refractivity contribution in [1.82, 2.24) is 0 Å². The van der Waals surface area contributed by atoms with Crippen molar-refractivity contribution in [1.29, 1.82) is 5.26 Å². The predicted octanol–water partition coefficient (Wildman–Crippen LogP) is 2.50. The van der Waals surface area contributed by atoms with Gasteiger partial charge in [-0.15, -0.1) is 0 Å². The molecule has 104 valence electrons. The zero-order valence-corrected chi connectivity index (χ0v) is 10.3. The molecule has 0 saturated heterocycles. The Labute approximate surface area is 106 Å². The highest BCUT2D eigenvalue weighted by atomic mass is 32.2. The molecule has 0 bridgehead atoms. The number of nitrogens with zero attached hydrogens (tertiary/aromatic N) is 1. The lowest BCUT2D eigenvalue weighted by Gasteiger charge is -2.12. The topological polar surface area (TPSA) is 70.0 Å². The summed E-state index contributed by atoms with van der Waals surface area (Å²) in [5.74, 6) is -1.51. The van der Waals surface area contributed by atoms with E-state index in [2.05, 4.69) is 0 Å². The third-order valence-corrected chi connectivity index (χ3v) is 3.74. The number of hydrogen-bond donors (Lipinski definition) is 1. The first-order valence-electron chi connectivity index (χ1n) is 4.86. The fourth-order valence-corrected chi connectivity index (χ4v) is 1.90. The second-order valence-corrected chi connectivity index (χ2v) is 5.61. The van der Waals surface area contributed by atoms with Crippen molar-refractivity contribution in [2.75, 3.05) is 4.72 Å². The van der Waals surface area contributed by atoms with E-state index in [4.69, 9.17) is 5.26 Å². The lowest BCUT2D eigenvalue weighted by Crippen LogP contribution is -2.24. The SMILES string of the molecule is CC(C#N)S(=O)(=O)Nc1ccc(F)c(C(F)(F)F)c1. The fourth-order valence-electron chi connectivity index (χ4n) is 1.13. The number of halogens is 4. The van der Waals surface area contributed by atoms with Crippen LogP contribution in [-0.2, 0) is 16.2 Å². The Kier molecular flexibility index (Phi) is 4.05. The second kappa shape index (κ2) is 5.05. The molecule has 0 fully saturated rings. The Morgan fingerprint density at radius 3 is 2.42 bits per heavy atom. The second-order valence-electron chi connectivity index (χ2n) is 3.61. The Morgan fingerprint density at radius 2 is 1.95 bits per heavy atom. The highest BCUT2D eigenvalue weighted by Crippen LogP contribution is 2.33. The van der Waals surface area contributed by atoms with E-state index in [1.165, 1.54) is 6.07 Å². The van der Waals surface area contributed by atoms with Crippen LogP contribution in [-0.4, -0.2) is 13.7 Å². The van der Waals surface area contributed by atoms with Gasteiger partial charge in [0.25, 0.3) is 0 Å². The maximum atomic E-state index is 13.0. The minimum atomic E-state index is -4.94. The summed E-state index contributed by atoms with van der Waals surface area (Å²) in [7, 11) is -4.14. The van der Waals surface area contributed by atoms with Crippen LogP contribution < -0.4 is 4.72 Å². The third kappa shape index (κ3) is 3.57. The average Bonchev–Trinajstić information content (AvgIpc) is 2.28. The van der Waals surface area contributed by atoms with Gasteiger partial charge < -0.3 is 0 Å². The van der Waals surface area contributed by atoms with Crippen molar-refractivity contribution in [3.05, 3.63) is 29.6 Å². The smallest absolute Gasteiger partial charge is 0.282 e. The maximum Gasteiger partial charge on any atom is 0.419 e. The van der Waals surface area contributed by atoms with E-state index in [1.807, 2.05) is 0 Å². The molecule has 0 radical (unpaired) electrons. The predicted molar refractivity (Wildman–Crippen MR) is 59.0 cm³/mol. The van der Waals surface area contributed by atoms with Gasteiger partial charge in [-0.3, -0.25) is 4.72 Å². The Bertz CT molecular complexity index is 619. The molecule has 0 aromatic heterocycles. The van der Waals surface area contributed by atoms with Gasteiger partial charge >= 0.3 is 6.18 Å². The van der Waals surface area contributed by atoms with Gasteiger partial charge in [-0.25, -0.2) is 12.8 Å². The molecule has 0 amide bonds. The minimum Gasteiger partial charge on any atom is -0.282 e. The quantitative estimate of drug-likeness (QED) is 0.871. The molecule has 4 nitrogen and oxygen atoms in total. The molecule has 0 spiro atoms. The number of alkyl halides is 3. The van der Waals surface area contributed by atoms with Gasteiger partial charge in [-0.05, 0) is 25.1 Å². The molecule has 0 heterocycles. The van der Waals surface area contributed by atoms with Gasteiger partial charge in [0.15, 0.2) is 5.25 Å². The van der Waals surface area contributed by atoms with Crippen LogP contribution in [0.25, 0.3) is 0 Å². The molecule has 1 atom stereocenters. The molecule has 0 aliphatic carbocycles. The average molecular weight is 296 g/mol. The Balaban J connectivity index is 3.16. The van der Waals surface area contributed by atoms with Crippen molar-refractivity contribution in [3.8, 4) is 6.07 Å². The summed E-state index contributed by atoms with van der Waals surface area (Å²) < 4.78 is 75.0. The molecule has 19 heavy (non-hydrogen) atoms. The summed E-state index contributed by atoms with van der Waals surface area (Å²) in [5, 5.41) is 7.02. The third-order valence-electron chi connectivity index (χ3n) is 2.18. The van der Waals surface area contributed by atoms with Gasteiger partial charge in [0.05, 0.1) is 11.6 Å². The van der Waals surface area contributed by atoms with Crippen LogP contribution in [0.5, 0.6) is 0 Å². The number of sulfonamides is 1. The molecule has 1 N–H and O–H groups in total. The van der Waals surface area contributed by atoms with Gasteiger partial charge in [-0.1, -0.05) is 0 Å². The van der Waals surface area contributed by atoms with Crippen molar-refractivity contribution in [2.45, 2.75) is 18.3 Å². The Morgan fingerprint density at radius 1 is 1.37 bits per heavy atom. The van der Waals surface area contributed by atoms with Gasteiger partial charge in [0.1, 0.15) is 5.82 Å². The van der Waals surface area contributed by atoms with E-state index >= 15 is 0 Å². The Hall–Kier alpha value is -1.82.